The van der Waals surface area contributed by atoms with Crippen molar-refractivity contribution in [3.05, 3.63) is 24.8 Å². The van der Waals surface area contributed by atoms with Gasteiger partial charge in [-0.25, -0.2) is 4.79 Å². The maximum atomic E-state index is 12.7. The lowest BCUT2D eigenvalue weighted by atomic mass is 9.87. The van der Waals surface area contributed by atoms with Crippen LogP contribution in [-0.2, 0) is 38.1 Å². The molecule has 4 fully saturated rings. The van der Waals surface area contributed by atoms with E-state index < -0.39 is 33.5 Å². The molecule has 0 radical (unpaired) electrons. The third-order valence-corrected chi connectivity index (χ3v) is 8.52. The van der Waals surface area contributed by atoms with Gasteiger partial charge in [0.2, 0.25) is 0 Å². The van der Waals surface area contributed by atoms with Crippen molar-refractivity contribution in [2.24, 2.45) is 17.8 Å². The second-order valence-corrected chi connectivity index (χ2v) is 10.5. The zero-order valence-electron chi connectivity index (χ0n) is 16.9. The summed E-state index contributed by atoms with van der Waals surface area (Å²) < 4.78 is 45.7. The van der Waals surface area contributed by atoms with Gasteiger partial charge in [-0.1, -0.05) is 12.7 Å². The van der Waals surface area contributed by atoms with Crippen molar-refractivity contribution in [2.45, 2.75) is 62.1 Å². The van der Waals surface area contributed by atoms with Crippen LogP contribution in [0.25, 0.3) is 0 Å². The highest BCUT2D eigenvalue weighted by Gasteiger charge is 2.65. The van der Waals surface area contributed by atoms with Gasteiger partial charge >= 0.3 is 11.9 Å². The normalized spacial score (nSPS) is 38.2. The van der Waals surface area contributed by atoms with E-state index in [1.807, 2.05) is 0 Å². The van der Waals surface area contributed by atoms with Gasteiger partial charge in [-0.2, -0.15) is 8.42 Å². The molecule has 1 heterocycles. The number of rotatable bonds is 8. The van der Waals surface area contributed by atoms with Crippen molar-refractivity contribution in [3.8, 4) is 0 Å². The number of esters is 2. The van der Waals surface area contributed by atoms with Crippen LogP contribution in [0.2, 0.25) is 0 Å². The summed E-state index contributed by atoms with van der Waals surface area (Å²) in [4.78, 5) is 24.7. The lowest BCUT2D eigenvalue weighted by Crippen LogP contribution is -2.39. The van der Waals surface area contributed by atoms with Crippen molar-refractivity contribution >= 4 is 22.1 Å². The predicted octanol–water partition coefficient (Wildman–Crippen LogP) is 1.90. The average Bonchev–Trinajstić information content (AvgIpc) is 3.33. The molecule has 0 N–H and O–H groups in total. The van der Waals surface area contributed by atoms with E-state index in [1.165, 1.54) is 0 Å². The Balaban J connectivity index is 1.22. The number of fused-ring (bicyclic) bond motifs is 1. The topological polar surface area (TPSA) is 105 Å². The van der Waals surface area contributed by atoms with Crippen molar-refractivity contribution in [1.29, 1.82) is 0 Å². The zero-order valence-corrected chi connectivity index (χ0v) is 17.7. The highest BCUT2D eigenvalue weighted by Crippen LogP contribution is 2.55. The Morgan fingerprint density at radius 3 is 2.53 bits per heavy atom. The number of ether oxygens (including phenoxy) is 3. The predicted molar refractivity (Wildman–Crippen MR) is 106 cm³/mol. The monoisotopic (exact) mass is 440 g/mol. The highest BCUT2D eigenvalue weighted by atomic mass is 32.2. The van der Waals surface area contributed by atoms with E-state index in [4.69, 9.17) is 18.4 Å². The maximum absolute atomic E-state index is 12.7. The van der Waals surface area contributed by atoms with Crippen molar-refractivity contribution < 1.29 is 36.4 Å². The molecule has 1 saturated heterocycles. The summed E-state index contributed by atoms with van der Waals surface area (Å²) >= 11 is 0. The lowest BCUT2D eigenvalue weighted by molar-refractivity contribution is -0.163. The van der Waals surface area contributed by atoms with Crippen LogP contribution in [0, 0.1) is 17.8 Å². The maximum Gasteiger partial charge on any atom is 0.336 e. The Kier molecular flexibility index (Phi) is 6.05. The summed E-state index contributed by atoms with van der Waals surface area (Å²) in [6.45, 7) is 7.64. The van der Waals surface area contributed by atoms with Gasteiger partial charge in [0.05, 0.1) is 30.0 Å². The Labute approximate surface area is 176 Å². The van der Waals surface area contributed by atoms with Gasteiger partial charge in [-0.05, 0) is 38.5 Å². The fourth-order valence-electron chi connectivity index (χ4n) is 5.25. The second kappa shape index (κ2) is 8.43. The third-order valence-electron chi connectivity index (χ3n) is 6.75. The fourth-order valence-corrected chi connectivity index (χ4v) is 7.13. The molecule has 0 amide bonds. The molecule has 8 nitrogen and oxygen atoms in total. The molecule has 0 aromatic rings. The minimum absolute atomic E-state index is 0.0449. The van der Waals surface area contributed by atoms with Crippen LogP contribution in [0.1, 0.15) is 38.5 Å². The largest absolute Gasteiger partial charge is 0.459 e. The van der Waals surface area contributed by atoms with Gasteiger partial charge in [-0.3, -0.25) is 8.98 Å². The Morgan fingerprint density at radius 1 is 1.10 bits per heavy atom. The first-order valence-corrected chi connectivity index (χ1v) is 12.0. The molecule has 0 aromatic carbocycles. The molecule has 1 aliphatic heterocycles. The summed E-state index contributed by atoms with van der Waals surface area (Å²) in [5, 5.41) is -0.426. The standard InChI is InChI=1S/C21H28O8S/c1-3-8-26-11-12(2)20(22)27-15-6-4-13(5-7-15)21(23)28-18-14-9-16-17(10-14)30(24,25)29-19(16)18/h3,13-19H,1-2,4-11H2. The van der Waals surface area contributed by atoms with E-state index in [-0.39, 0.29) is 42.0 Å². The molecule has 166 valence electrons. The number of carbonyl (C=O) groups is 2. The molecule has 5 atom stereocenters. The molecule has 3 aliphatic carbocycles. The molecule has 4 rings (SSSR count). The van der Waals surface area contributed by atoms with Crippen LogP contribution >= 0.6 is 0 Å². The summed E-state index contributed by atoms with van der Waals surface area (Å²) in [6.07, 6.45) is 3.86. The molecular formula is C21H28O8S. The molecule has 5 unspecified atom stereocenters. The molecule has 9 heteroatoms. The minimum atomic E-state index is -3.52. The van der Waals surface area contributed by atoms with Crippen LogP contribution in [0.15, 0.2) is 24.8 Å². The van der Waals surface area contributed by atoms with E-state index in [9.17, 15) is 18.0 Å². The van der Waals surface area contributed by atoms with E-state index >= 15 is 0 Å². The van der Waals surface area contributed by atoms with Crippen LogP contribution in [0.3, 0.4) is 0 Å². The number of hydrogen-bond donors (Lipinski definition) is 0. The minimum Gasteiger partial charge on any atom is -0.459 e. The van der Waals surface area contributed by atoms with Gasteiger partial charge in [-0.15, -0.1) is 6.58 Å². The molecule has 3 saturated carbocycles. The van der Waals surface area contributed by atoms with Crippen molar-refractivity contribution in [3.63, 3.8) is 0 Å². The molecule has 30 heavy (non-hydrogen) atoms. The molecular weight excluding hydrogens is 412 g/mol. The van der Waals surface area contributed by atoms with Gasteiger partial charge < -0.3 is 14.2 Å². The van der Waals surface area contributed by atoms with Gasteiger partial charge in [0.1, 0.15) is 18.3 Å². The van der Waals surface area contributed by atoms with E-state index in [2.05, 4.69) is 13.2 Å². The summed E-state index contributed by atoms with van der Waals surface area (Å²) in [6, 6.07) is 0. The summed E-state index contributed by atoms with van der Waals surface area (Å²) in [7, 11) is -3.52. The van der Waals surface area contributed by atoms with Crippen LogP contribution < -0.4 is 0 Å². The number of hydrogen-bond acceptors (Lipinski definition) is 8. The first kappa shape index (κ1) is 21.5. The lowest BCUT2D eigenvalue weighted by Gasteiger charge is -2.30. The van der Waals surface area contributed by atoms with E-state index in [0.29, 0.717) is 38.7 Å². The summed E-state index contributed by atoms with van der Waals surface area (Å²) in [5.74, 6) is -1.04. The Hall–Kier alpha value is -1.71. The van der Waals surface area contributed by atoms with Crippen LogP contribution in [0.4, 0.5) is 0 Å². The zero-order chi connectivity index (χ0) is 21.5. The van der Waals surface area contributed by atoms with Gasteiger partial charge in [0, 0.05) is 11.8 Å². The van der Waals surface area contributed by atoms with E-state index in [1.54, 1.807) is 6.08 Å². The molecule has 0 aromatic heterocycles. The van der Waals surface area contributed by atoms with Crippen molar-refractivity contribution in [2.75, 3.05) is 13.2 Å². The molecule has 0 spiro atoms. The van der Waals surface area contributed by atoms with Crippen LogP contribution in [0.5, 0.6) is 0 Å². The van der Waals surface area contributed by atoms with E-state index in [0.717, 1.165) is 6.42 Å². The SMILES string of the molecule is C=CCOCC(=C)C(=O)OC1CCC(C(=O)OC2C3CC4C2OS(=O)(=O)C4C3)CC1. The van der Waals surface area contributed by atoms with Crippen LogP contribution in [-0.4, -0.2) is 57.1 Å². The third kappa shape index (κ3) is 4.07. The van der Waals surface area contributed by atoms with Gasteiger partial charge in [0.15, 0.2) is 0 Å². The van der Waals surface area contributed by atoms with Gasteiger partial charge in [0.25, 0.3) is 10.1 Å². The molecule has 2 bridgehead atoms. The summed E-state index contributed by atoms with van der Waals surface area (Å²) in [5.41, 5.74) is 0.250. The fraction of sp³-hybridized carbons (Fsp3) is 0.714. The number of carbonyl (C=O) groups excluding carboxylic acids is 2. The smallest absolute Gasteiger partial charge is 0.336 e. The highest BCUT2D eigenvalue weighted by molar-refractivity contribution is 7.87. The first-order valence-electron chi connectivity index (χ1n) is 10.5. The van der Waals surface area contributed by atoms with Crippen molar-refractivity contribution in [1.82, 2.24) is 0 Å². The second-order valence-electron chi connectivity index (χ2n) is 8.68. The Morgan fingerprint density at radius 2 is 1.83 bits per heavy atom. The first-order chi connectivity index (χ1) is 14.3. The average molecular weight is 441 g/mol. The quantitative estimate of drug-likeness (QED) is 0.185. The molecule has 4 aliphatic rings. The Bertz CT molecular complexity index is 826.